The largest absolute Gasteiger partial charge is 0.436 e. The van der Waals surface area contributed by atoms with Crippen molar-refractivity contribution in [3.05, 3.63) is 120 Å². The van der Waals surface area contributed by atoms with Gasteiger partial charge < -0.3 is 4.42 Å². The molecule has 0 aliphatic heterocycles. The van der Waals surface area contributed by atoms with E-state index >= 15 is 0 Å². The van der Waals surface area contributed by atoms with Crippen molar-refractivity contribution in [3.63, 3.8) is 0 Å². The van der Waals surface area contributed by atoms with Gasteiger partial charge in [0.15, 0.2) is 11.0 Å². The molecule has 0 saturated heterocycles. The molecule has 0 N–H and O–H groups in total. The molecule has 0 aliphatic carbocycles. The molecule has 4 heterocycles. The minimum atomic E-state index is 0.296. The van der Waals surface area contributed by atoms with Crippen LogP contribution < -0.4 is 0 Å². The molecule has 0 spiro atoms. The number of furan rings is 1. The van der Waals surface area contributed by atoms with Gasteiger partial charge >= 0.3 is 0 Å². The maximum Gasteiger partial charge on any atom is 0.247 e. The Kier molecular flexibility index (Phi) is 5.16. The molecule has 4 nitrogen and oxygen atoms in total. The molecular weight excluding hydrogens is 570 g/mol. The molecule has 43 heavy (non-hydrogen) atoms. The summed E-state index contributed by atoms with van der Waals surface area (Å²) in [4.78, 5) is 9.89. The van der Waals surface area contributed by atoms with E-state index in [-0.39, 0.29) is 0 Å². The van der Waals surface area contributed by atoms with Gasteiger partial charge in [0.1, 0.15) is 11.1 Å². The second kappa shape index (κ2) is 9.01. The first-order valence-corrected chi connectivity index (χ1v) is 15.3. The van der Waals surface area contributed by atoms with Crippen LogP contribution >= 0.6 is 22.9 Å². The van der Waals surface area contributed by atoms with E-state index in [4.69, 9.17) is 26.0 Å². The van der Waals surface area contributed by atoms with Crippen LogP contribution in [0, 0.1) is 6.92 Å². The highest BCUT2D eigenvalue weighted by atomic mass is 35.5. The Morgan fingerprint density at radius 1 is 0.837 bits per heavy atom. The zero-order valence-corrected chi connectivity index (χ0v) is 24.6. The van der Waals surface area contributed by atoms with Gasteiger partial charge in [-0.2, -0.15) is 4.98 Å². The van der Waals surface area contributed by atoms with E-state index in [1.54, 1.807) is 0 Å². The normalized spacial score (nSPS) is 12.4. The third-order valence-electron chi connectivity index (χ3n) is 8.41. The van der Waals surface area contributed by atoms with Crippen LogP contribution in [0.2, 0.25) is 5.15 Å². The number of aromatic nitrogens is 3. The Morgan fingerprint density at radius 2 is 1.56 bits per heavy atom. The predicted octanol–water partition coefficient (Wildman–Crippen LogP) is 11.2. The van der Waals surface area contributed by atoms with E-state index in [1.165, 1.54) is 47.5 Å². The summed E-state index contributed by atoms with van der Waals surface area (Å²) in [7, 11) is 0. The van der Waals surface area contributed by atoms with Crippen molar-refractivity contribution in [2.24, 2.45) is 0 Å². The fourth-order valence-electron chi connectivity index (χ4n) is 6.55. The van der Waals surface area contributed by atoms with E-state index in [9.17, 15) is 0 Å². The monoisotopic (exact) mass is 591 g/mol. The first-order chi connectivity index (χ1) is 21.1. The van der Waals surface area contributed by atoms with Gasteiger partial charge in [0.05, 0.1) is 15.7 Å². The van der Waals surface area contributed by atoms with Crippen molar-refractivity contribution in [2.75, 3.05) is 0 Å². The summed E-state index contributed by atoms with van der Waals surface area (Å²) >= 11 is 8.81. The Balaban J connectivity index is 1.52. The van der Waals surface area contributed by atoms with Gasteiger partial charge in [0.25, 0.3) is 0 Å². The molecule has 0 saturated carbocycles. The van der Waals surface area contributed by atoms with Crippen molar-refractivity contribution in [1.82, 2.24) is 14.5 Å². The lowest BCUT2D eigenvalue weighted by atomic mass is 9.97. The number of hydrogen-bond donors (Lipinski definition) is 0. The number of aryl methyl sites for hydroxylation is 1. The molecule has 0 atom stereocenters. The van der Waals surface area contributed by atoms with E-state index in [2.05, 4.69) is 84.8 Å². The molecule has 0 bridgehead atoms. The molecule has 0 unspecified atom stereocenters. The Labute approximate surface area is 254 Å². The lowest BCUT2D eigenvalue weighted by Crippen LogP contribution is -2.00. The molecular formula is C37H22ClN3OS. The maximum absolute atomic E-state index is 6.99. The van der Waals surface area contributed by atoms with Crippen LogP contribution in [0.3, 0.4) is 0 Å². The highest BCUT2D eigenvalue weighted by Crippen LogP contribution is 2.48. The molecule has 5 aromatic carbocycles. The zero-order valence-electron chi connectivity index (χ0n) is 23.1. The van der Waals surface area contributed by atoms with Crippen molar-refractivity contribution in [1.29, 1.82) is 0 Å². The van der Waals surface area contributed by atoms with Gasteiger partial charge in [-0.3, -0.25) is 4.57 Å². The summed E-state index contributed by atoms with van der Waals surface area (Å²) in [5.41, 5.74) is 6.39. The number of benzene rings is 5. The molecule has 0 aliphatic rings. The maximum atomic E-state index is 6.99. The van der Waals surface area contributed by atoms with Crippen molar-refractivity contribution < 1.29 is 4.42 Å². The quantitative estimate of drug-likeness (QED) is 0.192. The van der Waals surface area contributed by atoms with Crippen LogP contribution in [-0.2, 0) is 0 Å². The van der Waals surface area contributed by atoms with Crippen LogP contribution in [0.4, 0.5) is 0 Å². The number of para-hydroxylation sites is 2. The average molecular weight is 592 g/mol. The fourth-order valence-corrected chi connectivity index (χ4v) is 8.09. The first kappa shape index (κ1) is 24.6. The summed E-state index contributed by atoms with van der Waals surface area (Å²) in [5, 5.41) is 8.44. The highest BCUT2D eigenvalue weighted by molar-refractivity contribution is 7.27. The third kappa shape index (κ3) is 3.38. The van der Waals surface area contributed by atoms with Crippen LogP contribution in [0.15, 0.2) is 108 Å². The molecule has 204 valence electrons. The third-order valence-corrected chi connectivity index (χ3v) is 9.82. The molecule has 0 amide bonds. The van der Waals surface area contributed by atoms with Gasteiger partial charge in [0.2, 0.25) is 5.71 Å². The lowest BCUT2D eigenvalue weighted by Gasteiger charge is -2.10. The fraction of sp³-hybridized carbons (Fsp3) is 0.0270. The Hall–Kier alpha value is -4.97. The van der Waals surface area contributed by atoms with Crippen molar-refractivity contribution >= 4 is 104 Å². The molecule has 0 fully saturated rings. The summed E-state index contributed by atoms with van der Waals surface area (Å²) in [6.45, 7) is 6.03. The Morgan fingerprint density at radius 3 is 2.37 bits per heavy atom. The number of nitrogens with zero attached hydrogens (tertiary/aromatic N) is 3. The number of halogens is 1. The standard InChI is InChI=1S/C37H22ClN3OS/c1-3-4-11-21-19-26-29(18-20(21)2)43-34-31(26)23-13-6-5-12-22(23)30-24-14-7-9-16-27(24)41(33(30)34)36-35(38)40-37-32(39-36)25-15-8-10-17-28(25)42-37/h3-19H,1H2,2H3/b11-4-. The molecule has 9 rings (SSSR count). The van der Waals surface area contributed by atoms with Gasteiger partial charge in [-0.25, -0.2) is 4.98 Å². The zero-order chi connectivity index (χ0) is 28.8. The van der Waals surface area contributed by atoms with E-state index in [0.29, 0.717) is 22.2 Å². The molecule has 6 heteroatoms. The summed E-state index contributed by atoms with van der Waals surface area (Å²) in [6, 6.07) is 29.7. The highest BCUT2D eigenvalue weighted by Gasteiger charge is 2.25. The van der Waals surface area contributed by atoms with Gasteiger partial charge in [-0.1, -0.05) is 91.0 Å². The van der Waals surface area contributed by atoms with E-state index in [1.807, 2.05) is 47.8 Å². The Bertz CT molecular complexity index is 2670. The number of thiophene rings is 1. The SMILES string of the molecule is C=C/C=C\c1cc2c(cc1C)sc1c2c2ccccc2c2c3ccccc3n(-c3nc4c(nc3Cl)oc3ccccc34)c12. The number of hydrogen-bond acceptors (Lipinski definition) is 4. The summed E-state index contributed by atoms with van der Waals surface area (Å²) in [5.74, 6) is 0.590. The predicted molar refractivity (Wildman–Crippen MR) is 183 cm³/mol. The molecule has 4 aromatic heterocycles. The van der Waals surface area contributed by atoms with Crippen LogP contribution in [0.1, 0.15) is 11.1 Å². The van der Waals surface area contributed by atoms with E-state index in [0.717, 1.165) is 27.4 Å². The second-order valence-corrected chi connectivity index (χ2v) is 12.2. The topological polar surface area (TPSA) is 43.9 Å². The number of rotatable bonds is 3. The van der Waals surface area contributed by atoms with Crippen LogP contribution in [0.25, 0.3) is 86.8 Å². The molecule has 0 radical (unpaired) electrons. The average Bonchev–Trinajstić information content (AvgIpc) is 3.68. The van der Waals surface area contributed by atoms with Crippen molar-refractivity contribution in [2.45, 2.75) is 6.92 Å². The minimum Gasteiger partial charge on any atom is -0.436 e. The summed E-state index contributed by atoms with van der Waals surface area (Å²) in [6.07, 6.45) is 5.94. The second-order valence-electron chi connectivity index (χ2n) is 10.8. The lowest BCUT2D eigenvalue weighted by molar-refractivity contribution is 0.652. The number of allylic oxidation sites excluding steroid dienone is 2. The van der Waals surface area contributed by atoms with E-state index < -0.39 is 0 Å². The van der Waals surface area contributed by atoms with Crippen molar-refractivity contribution in [3.8, 4) is 5.82 Å². The number of fused-ring (bicyclic) bond motifs is 13. The molecule has 9 aromatic rings. The van der Waals surface area contributed by atoms with Gasteiger partial charge in [-0.05, 0) is 59.2 Å². The van der Waals surface area contributed by atoms with Crippen LogP contribution in [0.5, 0.6) is 0 Å². The first-order valence-electron chi connectivity index (χ1n) is 14.1. The smallest absolute Gasteiger partial charge is 0.247 e. The van der Waals surface area contributed by atoms with Gasteiger partial charge in [0, 0.05) is 31.6 Å². The van der Waals surface area contributed by atoms with Gasteiger partial charge in [-0.15, -0.1) is 11.3 Å². The van der Waals surface area contributed by atoms with Crippen LogP contribution in [-0.4, -0.2) is 14.5 Å². The summed E-state index contributed by atoms with van der Waals surface area (Å²) < 4.78 is 10.7. The minimum absolute atomic E-state index is 0.296.